The smallest absolute Gasteiger partial charge is 0.252 e. The summed E-state index contributed by atoms with van der Waals surface area (Å²) in [5, 5.41) is 13.7. The first-order valence-corrected chi connectivity index (χ1v) is 11.2. The summed E-state index contributed by atoms with van der Waals surface area (Å²) in [6, 6.07) is 3.28. The number of amides is 1. The van der Waals surface area contributed by atoms with Gasteiger partial charge in [-0.05, 0) is 36.5 Å². The standard InChI is InChI=1S/C24H29ClN2O5/c1-13-19(23(30)27-5-7-32-8-6-27)20(14-9-15(25)22(29)18(10-14)31-4)21-16(26-13)11-24(2,3)12-17(21)28/h9-10,20,26,29H,5-8,11-12H2,1-4H3/t20-/m0/s1. The van der Waals surface area contributed by atoms with E-state index in [-0.39, 0.29) is 33.6 Å². The van der Waals surface area contributed by atoms with Gasteiger partial charge in [-0.1, -0.05) is 25.4 Å². The molecular formula is C24H29ClN2O5. The summed E-state index contributed by atoms with van der Waals surface area (Å²) in [6.45, 7) is 7.96. The molecule has 8 heteroatoms. The Morgan fingerprint density at radius 2 is 1.97 bits per heavy atom. The fourth-order valence-corrected chi connectivity index (χ4v) is 5.12. The Kier molecular flexibility index (Phi) is 5.98. The van der Waals surface area contributed by atoms with Crippen molar-refractivity contribution in [3.63, 3.8) is 0 Å². The highest BCUT2D eigenvalue weighted by atomic mass is 35.5. The molecule has 1 saturated heterocycles. The van der Waals surface area contributed by atoms with Crippen LogP contribution < -0.4 is 10.1 Å². The van der Waals surface area contributed by atoms with Gasteiger partial charge in [0.05, 0.1) is 25.3 Å². The number of dihydropyridines is 1. The van der Waals surface area contributed by atoms with E-state index in [1.807, 2.05) is 6.92 Å². The van der Waals surface area contributed by atoms with Gasteiger partial charge in [-0.25, -0.2) is 0 Å². The molecule has 1 atom stereocenters. The van der Waals surface area contributed by atoms with Crippen molar-refractivity contribution >= 4 is 23.3 Å². The zero-order chi connectivity index (χ0) is 23.2. The van der Waals surface area contributed by atoms with Gasteiger partial charge in [0.2, 0.25) is 0 Å². The Morgan fingerprint density at radius 3 is 2.62 bits per heavy atom. The first-order valence-electron chi connectivity index (χ1n) is 10.8. The summed E-state index contributed by atoms with van der Waals surface area (Å²) in [5.74, 6) is -0.684. The van der Waals surface area contributed by atoms with Crippen LogP contribution in [0.5, 0.6) is 11.5 Å². The maximum Gasteiger partial charge on any atom is 0.252 e. The number of halogens is 1. The number of carbonyl (C=O) groups excluding carboxylic acids is 2. The van der Waals surface area contributed by atoms with E-state index in [2.05, 4.69) is 19.2 Å². The lowest BCUT2D eigenvalue weighted by Crippen LogP contribution is -2.45. The van der Waals surface area contributed by atoms with Crippen LogP contribution in [-0.4, -0.2) is 55.1 Å². The molecule has 172 valence electrons. The van der Waals surface area contributed by atoms with E-state index in [4.69, 9.17) is 21.1 Å². The number of hydrogen-bond acceptors (Lipinski definition) is 6. The van der Waals surface area contributed by atoms with E-state index in [0.29, 0.717) is 55.9 Å². The molecule has 2 heterocycles. The van der Waals surface area contributed by atoms with E-state index in [1.54, 1.807) is 17.0 Å². The number of morpholine rings is 1. The number of hydrogen-bond donors (Lipinski definition) is 2. The molecule has 1 aromatic rings. The molecular weight excluding hydrogens is 432 g/mol. The van der Waals surface area contributed by atoms with Gasteiger partial charge in [0.25, 0.3) is 5.91 Å². The van der Waals surface area contributed by atoms with Gasteiger partial charge in [0.1, 0.15) is 0 Å². The third-order valence-corrected chi connectivity index (χ3v) is 6.66. The molecule has 1 aromatic carbocycles. The minimum atomic E-state index is -0.600. The largest absolute Gasteiger partial charge is 0.503 e. The fourth-order valence-electron chi connectivity index (χ4n) is 4.91. The third kappa shape index (κ3) is 3.99. The molecule has 0 spiro atoms. The molecule has 0 aromatic heterocycles. The number of methoxy groups -OCH3 is 1. The van der Waals surface area contributed by atoms with Crippen LogP contribution in [0.25, 0.3) is 0 Å². The Hall–Kier alpha value is -2.51. The summed E-state index contributed by atoms with van der Waals surface area (Å²) < 4.78 is 10.7. The molecule has 32 heavy (non-hydrogen) atoms. The van der Waals surface area contributed by atoms with Crippen molar-refractivity contribution in [1.29, 1.82) is 0 Å². The maximum atomic E-state index is 13.7. The number of rotatable bonds is 3. The van der Waals surface area contributed by atoms with E-state index >= 15 is 0 Å². The number of benzene rings is 1. The highest BCUT2D eigenvalue weighted by Crippen LogP contribution is 2.49. The van der Waals surface area contributed by atoms with E-state index < -0.39 is 5.92 Å². The average molecular weight is 461 g/mol. The summed E-state index contributed by atoms with van der Waals surface area (Å²) >= 11 is 6.31. The number of carbonyl (C=O) groups is 2. The number of phenolic OH excluding ortho intramolecular Hbond substituents is 1. The molecule has 0 radical (unpaired) electrons. The topological polar surface area (TPSA) is 88.1 Å². The number of nitrogens with zero attached hydrogens (tertiary/aromatic N) is 1. The van der Waals surface area contributed by atoms with Gasteiger partial charge in [0.15, 0.2) is 17.3 Å². The van der Waals surface area contributed by atoms with Crippen molar-refractivity contribution in [3.05, 3.63) is 45.3 Å². The van der Waals surface area contributed by atoms with Crippen molar-refractivity contribution in [1.82, 2.24) is 10.2 Å². The second kappa shape index (κ2) is 8.45. The predicted molar refractivity (Wildman–Crippen MR) is 121 cm³/mol. The first kappa shape index (κ1) is 22.7. The van der Waals surface area contributed by atoms with Crippen LogP contribution in [0.4, 0.5) is 0 Å². The third-order valence-electron chi connectivity index (χ3n) is 6.37. The summed E-state index contributed by atoms with van der Waals surface area (Å²) in [5.41, 5.74) is 3.14. The summed E-state index contributed by atoms with van der Waals surface area (Å²) in [6.07, 6.45) is 1.09. The van der Waals surface area contributed by atoms with Crippen LogP contribution in [0.1, 0.15) is 45.1 Å². The molecule has 3 aliphatic rings. The van der Waals surface area contributed by atoms with Crippen molar-refractivity contribution in [2.24, 2.45) is 5.41 Å². The minimum Gasteiger partial charge on any atom is -0.503 e. The number of allylic oxidation sites excluding steroid dienone is 3. The number of aromatic hydroxyl groups is 1. The van der Waals surface area contributed by atoms with Crippen LogP contribution in [0.15, 0.2) is 34.7 Å². The van der Waals surface area contributed by atoms with E-state index in [9.17, 15) is 14.7 Å². The number of phenols is 1. The highest BCUT2D eigenvalue weighted by Gasteiger charge is 2.44. The van der Waals surface area contributed by atoms with Crippen LogP contribution in [0.3, 0.4) is 0 Å². The summed E-state index contributed by atoms with van der Waals surface area (Å²) in [4.78, 5) is 28.9. The minimum absolute atomic E-state index is 0.0108. The predicted octanol–water partition coefficient (Wildman–Crippen LogP) is 3.52. The SMILES string of the molecule is COc1cc([C@H]2C(C(=O)N3CCOCC3)=C(C)NC3=C2C(=O)CC(C)(C)C3)cc(Cl)c1O. The van der Waals surface area contributed by atoms with Crippen LogP contribution in [0, 0.1) is 5.41 Å². The lowest BCUT2D eigenvalue weighted by Gasteiger charge is -2.41. The molecule has 7 nitrogen and oxygen atoms in total. The maximum absolute atomic E-state index is 13.7. The van der Waals surface area contributed by atoms with Crippen LogP contribution in [0.2, 0.25) is 5.02 Å². The van der Waals surface area contributed by atoms with E-state index in [0.717, 1.165) is 11.4 Å². The molecule has 1 aliphatic carbocycles. The highest BCUT2D eigenvalue weighted by molar-refractivity contribution is 6.32. The average Bonchev–Trinajstić information content (AvgIpc) is 2.74. The van der Waals surface area contributed by atoms with Gasteiger partial charge < -0.3 is 24.8 Å². The summed E-state index contributed by atoms with van der Waals surface area (Å²) in [7, 11) is 1.44. The Balaban J connectivity index is 1.89. The van der Waals surface area contributed by atoms with Gasteiger partial charge in [-0.15, -0.1) is 0 Å². The van der Waals surface area contributed by atoms with Gasteiger partial charge in [0, 0.05) is 48.0 Å². The lowest BCUT2D eigenvalue weighted by atomic mass is 9.68. The van der Waals surface area contributed by atoms with Crippen molar-refractivity contribution in [2.75, 3.05) is 33.4 Å². The van der Waals surface area contributed by atoms with Gasteiger partial charge >= 0.3 is 0 Å². The van der Waals surface area contributed by atoms with Gasteiger partial charge in [-0.2, -0.15) is 0 Å². The normalized spacial score (nSPS) is 23.1. The number of nitrogens with one attached hydrogen (secondary N) is 1. The monoisotopic (exact) mass is 460 g/mol. The van der Waals surface area contributed by atoms with Crippen molar-refractivity contribution < 1.29 is 24.2 Å². The Labute approximate surface area is 193 Å². The van der Waals surface area contributed by atoms with Gasteiger partial charge in [-0.3, -0.25) is 9.59 Å². The molecule has 1 fully saturated rings. The van der Waals surface area contributed by atoms with Crippen LogP contribution in [-0.2, 0) is 14.3 Å². The van der Waals surface area contributed by atoms with Crippen molar-refractivity contribution in [3.8, 4) is 11.5 Å². The number of ketones is 1. The first-order chi connectivity index (χ1) is 15.1. The molecule has 4 rings (SSSR count). The molecule has 2 N–H and O–H groups in total. The molecule has 0 bridgehead atoms. The Morgan fingerprint density at radius 1 is 1.28 bits per heavy atom. The quantitative estimate of drug-likeness (QED) is 0.717. The molecule has 1 amide bonds. The Bertz CT molecular complexity index is 1040. The van der Waals surface area contributed by atoms with E-state index in [1.165, 1.54) is 7.11 Å². The van der Waals surface area contributed by atoms with Crippen LogP contribution >= 0.6 is 11.6 Å². The zero-order valence-electron chi connectivity index (χ0n) is 18.9. The molecule has 0 unspecified atom stereocenters. The zero-order valence-corrected chi connectivity index (χ0v) is 19.6. The lowest BCUT2D eigenvalue weighted by molar-refractivity contribution is -0.131. The number of Topliss-reactive ketones (excluding diaryl/α,β-unsaturated/α-hetero) is 1. The second-order valence-electron chi connectivity index (χ2n) is 9.39. The number of ether oxygens (including phenoxy) is 2. The molecule has 0 saturated carbocycles. The van der Waals surface area contributed by atoms with Crippen molar-refractivity contribution in [2.45, 2.75) is 39.5 Å². The fraction of sp³-hybridized carbons (Fsp3) is 0.500. The second-order valence-corrected chi connectivity index (χ2v) is 9.80. The molecule has 2 aliphatic heterocycles.